The molecule has 0 aliphatic rings. The molecule has 0 radical (unpaired) electrons. The van der Waals surface area contributed by atoms with Crippen molar-refractivity contribution >= 4 is 39.8 Å². The normalized spacial score (nSPS) is 10.9. The summed E-state index contributed by atoms with van der Waals surface area (Å²) in [5, 5.41) is 1.85. The Labute approximate surface area is 124 Å². The van der Waals surface area contributed by atoms with Crippen LogP contribution in [0, 0.1) is 0 Å². The van der Waals surface area contributed by atoms with E-state index in [1.807, 2.05) is 24.4 Å². The minimum absolute atomic E-state index is 0.626. The van der Waals surface area contributed by atoms with Crippen molar-refractivity contribution in [3.8, 4) is 0 Å². The summed E-state index contributed by atoms with van der Waals surface area (Å²) in [5.74, 6) is 0.626. The second kappa shape index (κ2) is 6.97. The highest BCUT2D eigenvalue weighted by atomic mass is 35.5. The smallest absolute Gasteiger partial charge is 0.0737 e. The van der Waals surface area contributed by atoms with Crippen LogP contribution in [0.25, 0.3) is 10.9 Å². The van der Waals surface area contributed by atoms with Crippen LogP contribution in [0.4, 0.5) is 5.69 Å². The van der Waals surface area contributed by atoms with Crippen LogP contribution in [0.15, 0.2) is 30.5 Å². The van der Waals surface area contributed by atoms with Crippen LogP contribution in [-0.4, -0.2) is 24.0 Å². The lowest BCUT2D eigenvalue weighted by Gasteiger charge is -2.25. The van der Waals surface area contributed by atoms with Gasteiger partial charge in [-0.25, -0.2) is 0 Å². The average molecular weight is 297 g/mol. The van der Waals surface area contributed by atoms with Gasteiger partial charge in [0.15, 0.2) is 0 Å². The van der Waals surface area contributed by atoms with Gasteiger partial charge in [-0.15, -0.1) is 11.6 Å². The largest absolute Gasteiger partial charge is 0.370 e. The maximum absolute atomic E-state index is 6.02. The first-order valence-electron chi connectivity index (χ1n) is 6.61. The van der Waals surface area contributed by atoms with Crippen LogP contribution in [0.1, 0.15) is 19.8 Å². The van der Waals surface area contributed by atoms with Crippen LogP contribution in [0.2, 0.25) is 5.02 Å². The zero-order valence-electron chi connectivity index (χ0n) is 11.1. The molecule has 1 aromatic heterocycles. The van der Waals surface area contributed by atoms with Crippen LogP contribution < -0.4 is 4.90 Å². The third kappa shape index (κ3) is 3.52. The van der Waals surface area contributed by atoms with Gasteiger partial charge in [-0.2, -0.15) is 0 Å². The van der Waals surface area contributed by atoms with Crippen molar-refractivity contribution in [2.75, 3.05) is 23.9 Å². The standard InChI is InChI=1S/C15H18Cl2N2/c1-2-3-9-19(10-7-16)15-6-8-18-14-11-12(17)4-5-13(14)15/h4-6,8,11H,2-3,7,9-10H2,1H3. The molecular weight excluding hydrogens is 279 g/mol. The SMILES string of the molecule is CCCCN(CCCl)c1ccnc2cc(Cl)ccc12. The summed E-state index contributed by atoms with van der Waals surface area (Å²) in [7, 11) is 0. The Balaban J connectivity index is 2.40. The molecule has 4 heteroatoms. The van der Waals surface area contributed by atoms with Gasteiger partial charge in [-0.05, 0) is 30.7 Å². The summed E-state index contributed by atoms with van der Waals surface area (Å²) in [6.07, 6.45) is 4.17. The van der Waals surface area contributed by atoms with Crippen LogP contribution in [0.5, 0.6) is 0 Å². The van der Waals surface area contributed by atoms with E-state index in [4.69, 9.17) is 23.2 Å². The number of nitrogens with zero attached hydrogens (tertiary/aromatic N) is 2. The van der Waals surface area contributed by atoms with E-state index in [1.165, 1.54) is 12.1 Å². The lowest BCUT2D eigenvalue weighted by molar-refractivity contribution is 0.735. The summed E-state index contributed by atoms with van der Waals surface area (Å²) >= 11 is 11.9. The van der Waals surface area contributed by atoms with E-state index in [2.05, 4.69) is 22.9 Å². The fourth-order valence-electron chi connectivity index (χ4n) is 2.19. The zero-order valence-corrected chi connectivity index (χ0v) is 12.6. The Hall–Kier alpha value is -0.990. The molecule has 102 valence electrons. The Kier molecular flexibility index (Phi) is 5.29. The first-order valence-corrected chi connectivity index (χ1v) is 7.52. The second-order valence-electron chi connectivity index (χ2n) is 4.52. The van der Waals surface area contributed by atoms with Crippen molar-refractivity contribution < 1.29 is 0 Å². The van der Waals surface area contributed by atoms with Crippen LogP contribution >= 0.6 is 23.2 Å². The maximum Gasteiger partial charge on any atom is 0.0737 e. The van der Waals surface area contributed by atoms with Crippen molar-refractivity contribution in [2.24, 2.45) is 0 Å². The number of halogens is 2. The number of benzene rings is 1. The maximum atomic E-state index is 6.02. The molecule has 0 spiro atoms. The molecule has 2 nitrogen and oxygen atoms in total. The van der Waals surface area contributed by atoms with E-state index in [9.17, 15) is 0 Å². The number of hydrogen-bond acceptors (Lipinski definition) is 2. The number of fused-ring (bicyclic) bond motifs is 1. The highest BCUT2D eigenvalue weighted by Crippen LogP contribution is 2.27. The Morgan fingerprint density at radius 1 is 1.21 bits per heavy atom. The number of pyridine rings is 1. The number of aromatic nitrogens is 1. The number of unbranched alkanes of at least 4 members (excludes halogenated alkanes) is 1. The monoisotopic (exact) mass is 296 g/mol. The molecule has 0 unspecified atom stereocenters. The number of anilines is 1. The molecule has 0 N–H and O–H groups in total. The van der Waals surface area contributed by atoms with Gasteiger partial charge >= 0.3 is 0 Å². The topological polar surface area (TPSA) is 16.1 Å². The molecule has 0 saturated carbocycles. The summed E-state index contributed by atoms with van der Waals surface area (Å²) in [5.41, 5.74) is 2.12. The van der Waals surface area contributed by atoms with Crippen molar-refractivity contribution in [3.63, 3.8) is 0 Å². The zero-order chi connectivity index (χ0) is 13.7. The van der Waals surface area contributed by atoms with Gasteiger partial charge in [0.1, 0.15) is 0 Å². The van der Waals surface area contributed by atoms with E-state index >= 15 is 0 Å². The molecule has 0 bridgehead atoms. The lowest BCUT2D eigenvalue weighted by atomic mass is 10.1. The number of rotatable bonds is 6. The molecule has 19 heavy (non-hydrogen) atoms. The quantitative estimate of drug-likeness (QED) is 0.716. The molecule has 2 rings (SSSR count). The molecule has 0 aliphatic heterocycles. The number of hydrogen-bond donors (Lipinski definition) is 0. The van der Waals surface area contributed by atoms with Crippen LogP contribution in [-0.2, 0) is 0 Å². The van der Waals surface area contributed by atoms with E-state index in [0.717, 1.165) is 35.4 Å². The van der Waals surface area contributed by atoms with E-state index in [1.54, 1.807) is 0 Å². The third-order valence-corrected chi connectivity index (χ3v) is 3.56. The molecule has 0 atom stereocenters. The molecule has 0 fully saturated rings. The van der Waals surface area contributed by atoms with Crippen molar-refractivity contribution in [1.82, 2.24) is 4.98 Å². The average Bonchev–Trinajstić information content (AvgIpc) is 2.42. The summed E-state index contributed by atoms with van der Waals surface area (Å²) in [6, 6.07) is 7.90. The number of alkyl halides is 1. The Bertz CT molecular complexity index is 543. The Morgan fingerprint density at radius 3 is 2.79 bits per heavy atom. The predicted octanol–water partition coefficient (Wildman–Crippen LogP) is 4.73. The first kappa shape index (κ1) is 14.4. The molecule has 0 saturated heterocycles. The fraction of sp³-hybridized carbons (Fsp3) is 0.400. The molecular formula is C15H18Cl2N2. The van der Waals surface area contributed by atoms with Gasteiger partial charge < -0.3 is 4.90 Å². The van der Waals surface area contributed by atoms with E-state index in [-0.39, 0.29) is 0 Å². The molecule has 0 amide bonds. The van der Waals surface area contributed by atoms with E-state index in [0.29, 0.717) is 5.88 Å². The Morgan fingerprint density at radius 2 is 2.05 bits per heavy atom. The van der Waals surface area contributed by atoms with Crippen molar-refractivity contribution in [1.29, 1.82) is 0 Å². The van der Waals surface area contributed by atoms with Gasteiger partial charge in [0.05, 0.1) is 5.52 Å². The van der Waals surface area contributed by atoms with Gasteiger partial charge in [0, 0.05) is 41.3 Å². The molecule has 0 aliphatic carbocycles. The van der Waals surface area contributed by atoms with Crippen molar-refractivity contribution in [3.05, 3.63) is 35.5 Å². The first-order chi connectivity index (χ1) is 9.26. The second-order valence-corrected chi connectivity index (χ2v) is 5.34. The molecule has 1 aromatic carbocycles. The third-order valence-electron chi connectivity index (χ3n) is 3.16. The van der Waals surface area contributed by atoms with Crippen LogP contribution in [0.3, 0.4) is 0 Å². The minimum Gasteiger partial charge on any atom is -0.370 e. The van der Waals surface area contributed by atoms with Gasteiger partial charge in [-0.1, -0.05) is 24.9 Å². The van der Waals surface area contributed by atoms with Gasteiger partial charge in [-0.3, -0.25) is 4.98 Å². The minimum atomic E-state index is 0.626. The molecule has 2 aromatic rings. The van der Waals surface area contributed by atoms with Crippen molar-refractivity contribution in [2.45, 2.75) is 19.8 Å². The van der Waals surface area contributed by atoms with Gasteiger partial charge in [0.2, 0.25) is 0 Å². The summed E-state index contributed by atoms with van der Waals surface area (Å²) < 4.78 is 0. The highest BCUT2D eigenvalue weighted by Gasteiger charge is 2.10. The fourth-order valence-corrected chi connectivity index (χ4v) is 2.56. The highest BCUT2D eigenvalue weighted by molar-refractivity contribution is 6.31. The lowest BCUT2D eigenvalue weighted by Crippen LogP contribution is -2.26. The predicted molar refractivity (Wildman–Crippen MR) is 84.6 cm³/mol. The van der Waals surface area contributed by atoms with E-state index < -0.39 is 0 Å². The van der Waals surface area contributed by atoms with Gasteiger partial charge in [0.25, 0.3) is 0 Å². The molecule has 1 heterocycles. The summed E-state index contributed by atoms with van der Waals surface area (Å²) in [4.78, 5) is 6.71. The summed E-state index contributed by atoms with van der Waals surface area (Å²) in [6.45, 7) is 4.07.